The topological polar surface area (TPSA) is 91.3 Å². The molecular formula is C11H14BrN3O3. The Morgan fingerprint density at radius 2 is 2.06 bits per heavy atom. The Kier molecular flexibility index (Phi) is 5.08. The maximum Gasteiger partial charge on any atom is 0.319 e. The molecule has 0 bridgehead atoms. The highest BCUT2D eigenvalue weighted by Gasteiger charge is 2.20. The smallest absolute Gasteiger partial charge is 0.319 e. The van der Waals surface area contributed by atoms with E-state index in [2.05, 4.69) is 31.5 Å². The molecular weight excluding hydrogens is 302 g/mol. The molecule has 0 saturated carbocycles. The minimum absolute atomic E-state index is 0.462. The normalized spacial score (nSPS) is 13.5. The molecule has 0 spiro atoms. The molecule has 0 aromatic carbocycles. The minimum atomic E-state index is -0.952. The molecule has 2 atom stereocenters. The molecule has 7 heteroatoms. The third-order valence-corrected chi connectivity index (χ3v) is 2.89. The van der Waals surface area contributed by atoms with E-state index in [4.69, 9.17) is 5.11 Å². The number of amides is 2. The van der Waals surface area contributed by atoms with Gasteiger partial charge in [0.05, 0.1) is 17.8 Å². The minimum Gasteiger partial charge on any atom is -0.481 e. The van der Waals surface area contributed by atoms with Crippen molar-refractivity contribution in [2.45, 2.75) is 19.9 Å². The van der Waals surface area contributed by atoms with Gasteiger partial charge in [0, 0.05) is 16.7 Å². The molecule has 6 nitrogen and oxygen atoms in total. The molecule has 0 fully saturated rings. The van der Waals surface area contributed by atoms with Gasteiger partial charge in [0.2, 0.25) is 0 Å². The monoisotopic (exact) mass is 315 g/mol. The number of hydrogen-bond acceptors (Lipinski definition) is 3. The van der Waals surface area contributed by atoms with Gasteiger partial charge in [-0.25, -0.2) is 4.79 Å². The van der Waals surface area contributed by atoms with Crippen LogP contribution in [0.3, 0.4) is 0 Å². The highest BCUT2D eigenvalue weighted by Crippen LogP contribution is 2.13. The maximum absolute atomic E-state index is 11.6. The standard InChI is InChI=1S/C11H14BrN3O3/c1-6(10(16)17)7(2)14-11(18)15-9-3-8(12)4-13-5-9/h3-7H,1-2H3,(H,16,17)(H2,14,15,18). The number of pyridine rings is 1. The van der Waals surface area contributed by atoms with E-state index in [-0.39, 0.29) is 0 Å². The first-order chi connectivity index (χ1) is 8.40. The number of carboxylic acids is 1. The summed E-state index contributed by atoms with van der Waals surface area (Å²) in [6, 6.07) is 0.760. The number of urea groups is 1. The molecule has 0 radical (unpaired) electrons. The zero-order valence-corrected chi connectivity index (χ0v) is 11.6. The van der Waals surface area contributed by atoms with Crippen LogP contribution in [0.2, 0.25) is 0 Å². The van der Waals surface area contributed by atoms with Crippen molar-refractivity contribution in [3.63, 3.8) is 0 Å². The first kappa shape index (κ1) is 14.4. The molecule has 2 amide bonds. The van der Waals surface area contributed by atoms with Gasteiger partial charge in [-0.2, -0.15) is 0 Å². The van der Waals surface area contributed by atoms with Gasteiger partial charge in [-0.3, -0.25) is 9.78 Å². The highest BCUT2D eigenvalue weighted by atomic mass is 79.9. The van der Waals surface area contributed by atoms with Crippen LogP contribution >= 0.6 is 15.9 Å². The number of anilines is 1. The lowest BCUT2D eigenvalue weighted by molar-refractivity contribution is -0.141. The van der Waals surface area contributed by atoms with E-state index in [1.807, 2.05) is 0 Å². The lowest BCUT2D eigenvalue weighted by atomic mass is 10.0. The van der Waals surface area contributed by atoms with Crippen molar-refractivity contribution in [2.75, 3.05) is 5.32 Å². The lowest BCUT2D eigenvalue weighted by Gasteiger charge is -2.18. The van der Waals surface area contributed by atoms with Crippen LogP contribution in [0.1, 0.15) is 13.8 Å². The molecule has 3 N–H and O–H groups in total. The third kappa shape index (κ3) is 4.33. The Morgan fingerprint density at radius 1 is 1.39 bits per heavy atom. The van der Waals surface area contributed by atoms with Gasteiger partial charge in [0.25, 0.3) is 0 Å². The van der Waals surface area contributed by atoms with Crippen LogP contribution in [-0.2, 0) is 4.79 Å². The summed E-state index contributed by atoms with van der Waals surface area (Å²) in [7, 11) is 0. The van der Waals surface area contributed by atoms with Crippen LogP contribution in [0.15, 0.2) is 22.9 Å². The van der Waals surface area contributed by atoms with Crippen molar-refractivity contribution >= 4 is 33.6 Å². The predicted octanol–water partition coefficient (Wildman–Crippen LogP) is 2.07. The quantitative estimate of drug-likeness (QED) is 0.793. The molecule has 0 aliphatic rings. The van der Waals surface area contributed by atoms with E-state index in [0.717, 1.165) is 4.47 Å². The second kappa shape index (κ2) is 6.34. The van der Waals surface area contributed by atoms with E-state index >= 15 is 0 Å². The number of carboxylic acid groups (broad SMARTS) is 1. The first-order valence-electron chi connectivity index (χ1n) is 5.31. The third-order valence-electron chi connectivity index (χ3n) is 2.46. The van der Waals surface area contributed by atoms with Crippen LogP contribution in [-0.4, -0.2) is 28.1 Å². The second-order valence-corrected chi connectivity index (χ2v) is 4.82. The SMILES string of the molecule is CC(NC(=O)Nc1cncc(Br)c1)C(C)C(=O)O. The first-order valence-corrected chi connectivity index (χ1v) is 6.10. The summed E-state index contributed by atoms with van der Waals surface area (Å²) < 4.78 is 0.743. The van der Waals surface area contributed by atoms with Crippen molar-refractivity contribution in [3.05, 3.63) is 22.9 Å². The Hall–Kier alpha value is -1.63. The highest BCUT2D eigenvalue weighted by molar-refractivity contribution is 9.10. The fraction of sp³-hybridized carbons (Fsp3) is 0.364. The molecule has 0 saturated heterocycles. The molecule has 98 valence electrons. The molecule has 1 aromatic rings. The number of carbonyl (C=O) groups excluding carboxylic acids is 1. The molecule has 18 heavy (non-hydrogen) atoms. The second-order valence-electron chi connectivity index (χ2n) is 3.91. The Bertz CT molecular complexity index is 453. The van der Waals surface area contributed by atoms with Crippen molar-refractivity contribution in [1.82, 2.24) is 10.3 Å². The number of hydrogen-bond donors (Lipinski definition) is 3. The molecule has 1 heterocycles. The van der Waals surface area contributed by atoms with Crippen LogP contribution in [0, 0.1) is 5.92 Å². The van der Waals surface area contributed by atoms with Gasteiger partial charge < -0.3 is 15.7 Å². The Labute approximate surface area is 113 Å². The summed E-state index contributed by atoms with van der Waals surface area (Å²) >= 11 is 3.23. The summed E-state index contributed by atoms with van der Waals surface area (Å²) in [5.74, 6) is -1.61. The van der Waals surface area contributed by atoms with Gasteiger partial charge in [-0.1, -0.05) is 0 Å². The summed E-state index contributed by atoms with van der Waals surface area (Å²) in [5, 5.41) is 13.9. The molecule has 1 aromatic heterocycles. The number of rotatable bonds is 4. The summed E-state index contributed by atoms with van der Waals surface area (Å²) in [6.07, 6.45) is 3.09. The van der Waals surface area contributed by atoms with E-state index in [1.165, 1.54) is 13.1 Å². The summed E-state index contributed by atoms with van der Waals surface area (Å²) in [6.45, 7) is 3.17. The van der Waals surface area contributed by atoms with Crippen molar-refractivity contribution in [1.29, 1.82) is 0 Å². The summed E-state index contributed by atoms with van der Waals surface area (Å²) in [4.78, 5) is 26.2. The number of aliphatic carboxylic acids is 1. The van der Waals surface area contributed by atoms with Gasteiger partial charge in [-0.05, 0) is 35.8 Å². The molecule has 0 aliphatic heterocycles. The number of aromatic nitrogens is 1. The molecule has 2 unspecified atom stereocenters. The average molecular weight is 316 g/mol. The Balaban J connectivity index is 2.54. The summed E-state index contributed by atoms with van der Waals surface area (Å²) in [5.41, 5.74) is 0.525. The average Bonchev–Trinajstić information content (AvgIpc) is 2.27. The van der Waals surface area contributed by atoms with Crippen molar-refractivity contribution in [2.24, 2.45) is 5.92 Å². The fourth-order valence-electron chi connectivity index (χ4n) is 1.19. The molecule has 1 rings (SSSR count). The van der Waals surface area contributed by atoms with Crippen LogP contribution in [0.5, 0.6) is 0 Å². The molecule has 0 aliphatic carbocycles. The zero-order valence-electron chi connectivity index (χ0n) is 9.98. The Morgan fingerprint density at radius 3 is 2.61 bits per heavy atom. The van der Waals surface area contributed by atoms with Crippen LogP contribution < -0.4 is 10.6 Å². The van der Waals surface area contributed by atoms with E-state index in [9.17, 15) is 9.59 Å². The van der Waals surface area contributed by atoms with Gasteiger partial charge >= 0.3 is 12.0 Å². The van der Waals surface area contributed by atoms with E-state index < -0.39 is 24.0 Å². The van der Waals surface area contributed by atoms with E-state index in [0.29, 0.717) is 5.69 Å². The van der Waals surface area contributed by atoms with Crippen LogP contribution in [0.4, 0.5) is 10.5 Å². The van der Waals surface area contributed by atoms with Gasteiger partial charge in [-0.15, -0.1) is 0 Å². The van der Waals surface area contributed by atoms with Crippen LogP contribution in [0.25, 0.3) is 0 Å². The maximum atomic E-state index is 11.6. The fourth-order valence-corrected chi connectivity index (χ4v) is 1.56. The number of carbonyl (C=O) groups is 2. The predicted molar refractivity (Wildman–Crippen MR) is 70.4 cm³/mol. The largest absolute Gasteiger partial charge is 0.481 e. The van der Waals surface area contributed by atoms with Crippen molar-refractivity contribution in [3.8, 4) is 0 Å². The van der Waals surface area contributed by atoms with E-state index in [1.54, 1.807) is 19.2 Å². The lowest BCUT2D eigenvalue weighted by Crippen LogP contribution is -2.42. The number of nitrogens with one attached hydrogen (secondary N) is 2. The number of halogens is 1. The van der Waals surface area contributed by atoms with Gasteiger partial charge in [0.15, 0.2) is 0 Å². The van der Waals surface area contributed by atoms with Crippen molar-refractivity contribution < 1.29 is 14.7 Å². The van der Waals surface area contributed by atoms with Gasteiger partial charge in [0.1, 0.15) is 0 Å². The zero-order chi connectivity index (χ0) is 13.7. The number of nitrogens with zero attached hydrogens (tertiary/aromatic N) is 1.